The molecule has 2 aromatic heterocycles. The van der Waals surface area contributed by atoms with Crippen molar-refractivity contribution in [2.75, 3.05) is 12.5 Å². The van der Waals surface area contributed by atoms with Gasteiger partial charge in [0.2, 0.25) is 0 Å². The van der Waals surface area contributed by atoms with E-state index in [1.165, 1.54) is 12.5 Å². The molecule has 232 valence electrons. The van der Waals surface area contributed by atoms with Gasteiger partial charge >= 0.3 is 0 Å². The lowest BCUT2D eigenvalue weighted by Gasteiger charge is -2.13. The molecule has 6 rings (SSSR count). The highest BCUT2D eigenvalue weighted by molar-refractivity contribution is 9.08. The largest absolute Gasteiger partial charge is 0.253 e. The number of aromatic nitrogens is 4. The van der Waals surface area contributed by atoms with E-state index in [0.717, 1.165) is 22.2 Å². The van der Waals surface area contributed by atoms with Crippen molar-refractivity contribution in [3.05, 3.63) is 119 Å². The first kappa shape index (κ1) is 32.6. The summed E-state index contributed by atoms with van der Waals surface area (Å²) in [5, 5.41) is 4.21. The fourth-order valence-corrected chi connectivity index (χ4v) is 7.25. The van der Waals surface area contributed by atoms with Crippen molar-refractivity contribution in [1.29, 1.82) is 0 Å². The molecule has 46 heavy (non-hydrogen) atoms. The second kappa shape index (κ2) is 13.7. The Hall–Kier alpha value is -4.75. The summed E-state index contributed by atoms with van der Waals surface area (Å²) in [6.45, 7) is 0.0937. The van der Waals surface area contributed by atoms with Gasteiger partial charge in [-0.25, -0.2) is 16.8 Å². The van der Waals surface area contributed by atoms with Crippen LogP contribution in [0.3, 0.4) is 0 Å². The van der Waals surface area contributed by atoms with Crippen LogP contribution in [0, 0.1) is 0 Å². The van der Waals surface area contributed by atoms with Crippen molar-refractivity contribution < 1.29 is 16.8 Å². The number of fused-ring (bicyclic) bond motifs is 2. The number of rotatable bonds is 7. The Kier molecular flexibility index (Phi) is 9.73. The van der Waals surface area contributed by atoms with Gasteiger partial charge in [-0.05, 0) is 64.2 Å². The van der Waals surface area contributed by atoms with E-state index in [1.807, 2.05) is 24.3 Å². The number of halogens is 1. The van der Waals surface area contributed by atoms with E-state index >= 15 is 0 Å². The highest BCUT2D eigenvalue weighted by Gasteiger charge is 2.18. The molecule has 0 aliphatic heterocycles. The minimum Gasteiger partial charge on any atom is -0.253 e. The van der Waals surface area contributed by atoms with E-state index in [2.05, 4.69) is 45.9 Å². The third kappa shape index (κ3) is 7.21. The van der Waals surface area contributed by atoms with E-state index in [4.69, 9.17) is 5.53 Å². The van der Waals surface area contributed by atoms with E-state index in [-0.39, 0.29) is 11.4 Å². The van der Waals surface area contributed by atoms with Crippen molar-refractivity contribution in [3.8, 4) is 22.3 Å². The zero-order chi connectivity index (χ0) is 32.9. The summed E-state index contributed by atoms with van der Waals surface area (Å²) in [5.41, 5.74) is 15.9. The quantitative estimate of drug-likeness (QED) is 0.0729. The molecule has 0 saturated heterocycles. The number of nitrogens with zero attached hydrogens (tertiary/aromatic N) is 7. The normalized spacial score (nSPS) is 11.5. The monoisotopic (exact) mass is 715 g/mol. The Morgan fingerprint density at radius 1 is 0.630 bits per heavy atom. The van der Waals surface area contributed by atoms with E-state index < -0.39 is 19.7 Å². The minimum atomic E-state index is -3.41. The summed E-state index contributed by atoms with van der Waals surface area (Å²) in [6.07, 6.45) is 8.80. The molecule has 2 heterocycles. The maximum Gasteiger partial charge on any atom is 0.176 e. The first-order valence-corrected chi connectivity index (χ1v) is 18.5. The smallest absolute Gasteiger partial charge is 0.176 e. The van der Waals surface area contributed by atoms with Crippen LogP contribution in [0.2, 0.25) is 0 Å². The van der Waals surface area contributed by atoms with E-state index in [9.17, 15) is 16.8 Å². The Labute approximate surface area is 274 Å². The van der Waals surface area contributed by atoms with Gasteiger partial charge in [0.25, 0.3) is 0 Å². The molecular formula is C32H26BrN7O4S2. The minimum absolute atomic E-state index is 0.0937. The Balaban J connectivity index is 0.000000182. The van der Waals surface area contributed by atoms with Crippen LogP contribution in [0.5, 0.6) is 0 Å². The molecule has 0 atom stereocenters. The van der Waals surface area contributed by atoms with Crippen molar-refractivity contribution in [3.63, 3.8) is 0 Å². The SMILES string of the molecule is CS(=O)(=O)c1ccccc1-c1cc2nccnc2cc1CBr.CS(=O)(=O)c1ccccc1-c1cc2nccnc2cc1CN=[N+]=[N-]. The lowest BCUT2D eigenvalue weighted by Crippen LogP contribution is -2.01. The zero-order valence-electron chi connectivity index (χ0n) is 24.6. The molecule has 0 unspecified atom stereocenters. The van der Waals surface area contributed by atoms with Crippen LogP contribution in [0.4, 0.5) is 0 Å². The molecule has 0 amide bonds. The lowest BCUT2D eigenvalue weighted by molar-refractivity contribution is 0.600. The molecule has 14 heteroatoms. The fraction of sp³-hybridized carbons (Fsp3) is 0.125. The highest BCUT2D eigenvalue weighted by Crippen LogP contribution is 2.34. The summed E-state index contributed by atoms with van der Waals surface area (Å²) < 4.78 is 48.3. The van der Waals surface area contributed by atoms with E-state index in [0.29, 0.717) is 43.5 Å². The summed E-state index contributed by atoms with van der Waals surface area (Å²) >= 11 is 3.47. The number of sulfone groups is 2. The van der Waals surface area contributed by atoms with Crippen molar-refractivity contribution in [1.82, 2.24) is 19.9 Å². The van der Waals surface area contributed by atoms with Gasteiger partial charge in [-0.1, -0.05) is 57.4 Å². The summed E-state index contributed by atoms with van der Waals surface area (Å²) in [7, 11) is -6.72. The van der Waals surface area contributed by atoms with Gasteiger partial charge in [0, 0.05) is 58.7 Å². The van der Waals surface area contributed by atoms with Gasteiger partial charge in [-0.2, -0.15) is 0 Å². The van der Waals surface area contributed by atoms with Crippen LogP contribution < -0.4 is 0 Å². The summed E-state index contributed by atoms with van der Waals surface area (Å²) in [4.78, 5) is 20.4. The molecule has 0 radical (unpaired) electrons. The third-order valence-corrected chi connectivity index (χ3v) is 9.90. The third-order valence-electron chi connectivity index (χ3n) is 6.99. The second-order valence-electron chi connectivity index (χ2n) is 10.2. The standard InChI is InChI=1S/C16H13BrN2O2S.C16H13N5O2S/c1-22(20,21)16-5-3-2-4-12(16)13-9-15-14(8-11(13)10-17)18-6-7-19-15;1-24(22,23)16-5-3-2-4-12(16)13-9-15-14(18-6-7-19-15)8-11(13)10-20-21-17/h2-9H,10H2,1H3;2-9H,10H2,1H3. The predicted molar refractivity (Wildman–Crippen MR) is 182 cm³/mol. The Morgan fingerprint density at radius 2 is 1.02 bits per heavy atom. The van der Waals surface area contributed by atoms with Crippen LogP contribution in [0.25, 0.3) is 54.8 Å². The molecule has 4 aromatic carbocycles. The molecule has 6 aromatic rings. The lowest BCUT2D eigenvalue weighted by atomic mass is 9.98. The van der Waals surface area contributed by atoms with Crippen LogP contribution in [-0.2, 0) is 31.5 Å². The molecule has 0 bridgehead atoms. The fourth-order valence-electron chi connectivity index (χ4n) is 4.98. The van der Waals surface area contributed by atoms with Crippen LogP contribution >= 0.6 is 15.9 Å². The number of azide groups is 1. The number of hydrogen-bond acceptors (Lipinski definition) is 9. The van der Waals surface area contributed by atoms with E-state index in [1.54, 1.807) is 73.3 Å². The van der Waals surface area contributed by atoms with Crippen LogP contribution in [-0.4, -0.2) is 49.3 Å². The highest BCUT2D eigenvalue weighted by atomic mass is 79.9. The molecular weight excluding hydrogens is 690 g/mol. The van der Waals surface area contributed by atoms with Gasteiger partial charge in [0.15, 0.2) is 19.7 Å². The zero-order valence-corrected chi connectivity index (χ0v) is 27.8. The average Bonchev–Trinajstić information content (AvgIpc) is 3.05. The molecule has 0 N–H and O–H groups in total. The molecule has 0 fully saturated rings. The number of hydrogen-bond donors (Lipinski definition) is 0. The summed E-state index contributed by atoms with van der Waals surface area (Å²) in [6, 6.07) is 21.1. The predicted octanol–water partition coefficient (Wildman–Crippen LogP) is 7.11. The van der Waals surface area contributed by atoms with Crippen molar-refractivity contribution in [2.45, 2.75) is 21.7 Å². The van der Waals surface area contributed by atoms with Gasteiger partial charge in [-0.15, -0.1) is 0 Å². The molecule has 0 aliphatic carbocycles. The number of benzene rings is 4. The first-order valence-electron chi connectivity index (χ1n) is 13.6. The van der Waals surface area contributed by atoms with Gasteiger partial charge < -0.3 is 0 Å². The maximum absolute atomic E-state index is 12.1. The average molecular weight is 717 g/mol. The number of alkyl halides is 1. The molecule has 11 nitrogen and oxygen atoms in total. The van der Waals surface area contributed by atoms with Gasteiger partial charge in [0.05, 0.1) is 38.4 Å². The second-order valence-corrected chi connectivity index (χ2v) is 14.7. The topological polar surface area (TPSA) is 169 Å². The first-order chi connectivity index (χ1) is 22.0. The molecule has 0 saturated carbocycles. The molecule has 0 spiro atoms. The van der Waals surface area contributed by atoms with Crippen molar-refractivity contribution >= 4 is 57.7 Å². The van der Waals surface area contributed by atoms with Crippen LogP contribution in [0.1, 0.15) is 11.1 Å². The maximum atomic E-state index is 12.1. The van der Waals surface area contributed by atoms with Crippen molar-refractivity contribution in [2.24, 2.45) is 5.11 Å². The molecule has 0 aliphatic rings. The summed E-state index contributed by atoms with van der Waals surface area (Å²) in [5.74, 6) is 0. The van der Waals surface area contributed by atoms with Gasteiger partial charge in [0.1, 0.15) is 0 Å². The Bertz CT molecular complexity index is 2360. The van der Waals surface area contributed by atoms with Crippen LogP contribution in [0.15, 0.2) is 112 Å². The van der Waals surface area contributed by atoms with Gasteiger partial charge in [-0.3, -0.25) is 19.9 Å². The Morgan fingerprint density at radius 3 is 1.43 bits per heavy atom.